The van der Waals surface area contributed by atoms with Crippen LogP contribution in [0, 0.1) is 0 Å². The van der Waals surface area contributed by atoms with E-state index in [1.54, 1.807) is 0 Å². The van der Waals surface area contributed by atoms with E-state index in [0.717, 1.165) is 11.5 Å². The number of carbonyl (C=O) groups excluding carboxylic acids is 1. The van der Waals surface area contributed by atoms with Crippen LogP contribution >= 0.6 is 11.5 Å². The average molecular weight is 292 g/mol. The first-order chi connectivity index (χ1) is 9.52. The van der Waals surface area contributed by atoms with E-state index >= 15 is 0 Å². The van der Waals surface area contributed by atoms with Crippen LogP contribution in [-0.2, 0) is 6.42 Å². The summed E-state index contributed by atoms with van der Waals surface area (Å²) in [6.45, 7) is 1.86. The molecule has 2 rings (SSSR count). The molecule has 7 nitrogen and oxygen atoms in total. The number of aryl methyl sites for hydroxylation is 1. The number of anilines is 2. The number of carboxylic acid groups (broad SMARTS) is 1. The molecule has 104 valence electrons. The summed E-state index contributed by atoms with van der Waals surface area (Å²) < 4.78 is 3.72. The topological polar surface area (TPSA) is 118 Å². The van der Waals surface area contributed by atoms with Crippen molar-refractivity contribution in [2.24, 2.45) is 0 Å². The second kappa shape index (κ2) is 5.66. The van der Waals surface area contributed by atoms with Gasteiger partial charge in [0.15, 0.2) is 0 Å². The Balaban J connectivity index is 2.31. The van der Waals surface area contributed by atoms with E-state index in [0.29, 0.717) is 22.7 Å². The van der Waals surface area contributed by atoms with Crippen molar-refractivity contribution in [3.05, 3.63) is 34.3 Å². The van der Waals surface area contributed by atoms with Gasteiger partial charge in [0.1, 0.15) is 4.88 Å². The Bertz CT molecular complexity index is 668. The molecule has 1 amide bonds. The summed E-state index contributed by atoms with van der Waals surface area (Å²) in [5, 5.41) is 15.5. The predicted molar refractivity (Wildman–Crippen MR) is 75.1 cm³/mol. The van der Waals surface area contributed by atoms with Crippen LogP contribution in [0.3, 0.4) is 0 Å². The minimum Gasteiger partial charge on any atom is -0.478 e. The highest BCUT2D eigenvalue weighted by Gasteiger charge is 2.18. The number of carbonyl (C=O) groups is 2. The summed E-state index contributed by atoms with van der Waals surface area (Å²) in [7, 11) is 0. The Morgan fingerprint density at radius 1 is 1.45 bits per heavy atom. The quantitative estimate of drug-likeness (QED) is 0.737. The van der Waals surface area contributed by atoms with Gasteiger partial charge in [0, 0.05) is 5.69 Å². The molecule has 1 aromatic heterocycles. The summed E-state index contributed by atoms with van der Waals surface area (Å²) in [5.74, 6) is -1.59. The van der Waals surface area contributed by atoms with E-state index in [9.17, 15) is 9.59 Å². The molecule has 1 heterocycles. The molecule has 2 aromatic rings. The summed E-state index contributed by atoms with van der Waals surface area (Å²) in [6.07, 6.45) is 0.576. The maximum atomic E-state index is 12.1. The van der Waals surface area contributed by atoms with Gasteiger partial charge in [0.05, 0.1) is 16.9 Å². The molecule has 4 N–H and O–H groups in total. The van der Waals surface area contributed by atoms with Gasteiger partial charge in [0.2, 0.25) is 0 Å². The lowest BCUT2D eigenvalue weighted by molar-refractivity contribution is 0.0698. The summed E-state index contributed by atoms with van der Waals surface area (Å²) >= 11 is 0.974. The van der Waals surface area contributed by atoms with Crippen molar-refractivity contribution in [3.63, 3.8) is 0 Å². The smallest absolute Gasteiger partial charge is 0.337 e. The van der Waals surface area contributed by atoms with E-state index in [1.807, 2.05) is 6.92 Å². The van der Waals surface area contributed by atoms with Crippen LogP contribution in [0.4, 0.5) is 11.4 Å². The zero-order valence-electron chi connectivity index (χ0n) is 10.6. The molecule has 0 saturated carbocycles. The third-order valence-corrected chi connectivity index (χ3v) is 3.39. The van der Waals surface area contributed by atoms with Gasteiger partial charge in [-0.1, -0.05) is 11.4 Å². The van der Waals surface area contributed by atoms with Crippen LogP contribution in [-0.4, -0.2) is 26.6 Å². The fourth-order valence-corrected chi connectivity index (χ4v) is 2.28. The molecule has 0 aliphatic carbocycles. The third-order valence-electron chi connectivity index (χ3n) is 2.62. The molecule has 1 aromatic carbocycles. The van der Waals surface area contributed by atoms with E-state index in [1.165, 1.54) is 18.2 Å². The number of rotatable bonds is 4. The first-order valence-corrected chi connectivity index (χ1v) is 6.55. The Morgan fingerprint density at radius 3 is 2.85 bits per heavy atom. The molecule has 0 aliphatic rings. The standard InChI is InChI=1S/C12H12N4O3S/c1-2-8-10(20-16-15-8)11(17)14-9-4-3-6(13)5-7(9)12(18)19/h3-5H,2,13H2,1H3,(H,14,17)(H,18,19). The molecule has 0 saturated heterocycles. The number of carboxylic acids is 1. The number of hydrogen-bond acceptors (Lipinski definition) is 6. The van der Waals surface area contributed by atoms with Crippen molar-refractivity contribution in [3.8, 4) is 0 Å². The van der Waals surface area contributed by atoms with Crippen molar-refractivity contribution in [1.82, 2.24) is 9.59 Å². The van der Waals surface area contributed by atoms with Crippen molar-refractivity contribution >= 4 is 34.8 Å². The number of nitrogens with one attached hydrogen (secondary N) is 1. The number of nitrogen functional groups attached to an aromatic ring is 1. The number of aromatic nitrogens is 2. The Hall–Kier alpha value is -2.48. The van der Waals surface area contributed by atoms with Crippen molar-refractivity contribution < 1.29 is 14.7 Å². The lowest BCUT2D eigenvalue weighted by Gasteiger charge is -2.08. The summed E-state index contributed by atoms with van der Waals surface area (Å²) in [4.78, 5) is 23.6. The Kier molecular flexibility index (Phi) is 3.94. The van der Waals surface area contributed by atoms with Crippen molar-refractivity contribution in [2.75, 3.05) is 11.1 Å². The molecule has 0 aliphatic heterocycles. The molecule has 0 radical (unpaired) electrons. The van der Waals surface area contributed by atoms with Crippen molar-refractivity contribution in [1.29, 1.82) is 0 Å². The molecule has 0 fully saturated rings. The number of hydrogen-bond donors (Lipinski definition) is 3. The second-order valence-electron chi connectivity index (χ2n) is 3.97. The fourth-order valence-electron chi connectivity index (χ4n) is 1.64. The van der Waals surface area contributed by atoms with E-state index < -0.39 is 11.9 Å². The van der Waals surface area contributed by atoms with E-state index in [-0.39, 0.29) is 11.3 Å². The maximum absolute atomic E-state index is 12.1. The molecule has 0 unspecified atom stereocenters. The first kappa shape index (κ1) is 13.9. The maximum Gasteiger partial charge on any atom is 0.337 e. The second-order valence-corrected chi connectivity index (χ2v) is 4.72. The number of aromatic carboxylic acids is 1. The van der Waals surface area contributed by atoms with Gasteiger partial charge in [-0.25, -0.2) is 4.79 Å². The van der Waals surface area contributed by atoms with Crippen LogP contribution in [0.15, 0.2) is 18.2 Å². The molecule has 0 spiro atoms. The average Bonchev–Trinajstić information content (AvgIpc) is 2.89. The van der Waals surface area contributed by atoms with Crippen LogP contribution in [0.5, 0.6) is 0 Å². The molecule has 20 heavy (non-hydrogen) atoms. The zero-order valence-corrected chi connectivity index (χ0v) is 11.4. The molecule has 0 bridgehead atoms. The highest BCUT2D eigenvalue weighted by molar-refractivity contribution is 7.08. The van der Waals surface area contributed by atoms with E-state index in [2.05, 4.69) is 14.9 Å². The number of amides is 1. The number of nitrogens with zero attached hydrogens (tertiary/aromatic N) is 2. The highest BCUT2D eigenvalue weighted by Crippen LogP contribution is 2.21. The molecule has 0 atom stereocenters. The monoisotopic (exact) mass is 292 g/mol. The minimum atomic E-state index is -1.16. The Morgan fingerprint density at radius 2 is 2.20 bits per heavy atom. The third kappa shape index (κ3) is 2.75. The fraction of sp³-hybridized carbons (Fsp3) is 0.167. The van der Waals surface area contributed by atoms with Crippen LogP contribution in [0.2, 0.25) is 0 Å². The summed E-state index contributed by atoms with van der Waals surface area (Å²) in [5.41, 5.74) is 6.57. The van der Waals surface area contributed by atoms with Gasteiger partial charge in [0.25, 0.3) is 5.91 Å². The summed E-state index contributed by atoms with van der Waals surface area (Å²) in [6, 6.07) is 4.27. The van der Waals surface area contributed by atoms with Gasteiger partial charge in [-0.15, -0.1) is 5.10 Å². The van der Waals surface area contributed by atoms with Crippen LogP contribution < -0.4 is 11.1 Å². The number of nitrogens with two attached hydrogens (primary N) is 1. The van der Waals surface area contributed by atoms with E-state index in [4.69, 9.17) is 10.8 Å². The molecule has 8 heteroatoms. The lowest BCUT2D eigenvalue weighted by atomic mass is 10.1. The van der Waals surface area contributed by atoms with Gasteiger partial charge >= 0.3 is 5.97 Å². The zero-order chi connectivity index (χ0) is 14.7. The van der Waals surface area contributed by atoms with Gasteiger partial charge in [-0.05, 0) is 36.2 Å². The van der Waals surface area contributed by atoms with Gasteiger partial charge < -0.3 is 16.2 Å². The first-order valence-electron chi connectivity index (χ1n) is 5.78. The van der Waals surface area contributed by atoms with Gasteiger partial charge in [-0.2, -0.15) is 0 Å². The Labute approximate surface area is 118 Å². The van der Waals surface area contributed by atoms with Gasteiger partial charge in [-0.3, -0.25) is 4.79 Å². The van der Waals surface area contributed by atoms with Crippen LogP contribution in [0.25, 0.3) is 0 Å². The van der Waals surface area contributed by atoms with Crippen molar-refractivity contribution in [2.45, 2.75) is 13.3 Å². The largest absolute Gasteiger partial charge is 0.478 e. The highest BCUT2D eigenvalue weighted by atomic mass is 32.1. The SMILES string of the molecule is CCc1nnsc1C(=O)Nc1ccc(N)cc1C(=O)O. The number of benzene rings is 1. The predicted octanol–water partition coefficient (Wildman–Crippen LogP) is 1.63. The normalized spacial score (nSPS) is 10.2. The molecular formula is C12H12N4O3S. The minimum absolute atomic E-state index is 0.0612. The van der Waals surface area contributed by atoms with Crippen LogP contribution in [0.1, 0.15) is 32.6 Å². The lowest BCUT2D eigenvalue weighted by Crippen LogP contribution is -2.15. The molecular weight excluding hydrogens is 280 g/mol.